The first-order chi connectivity index (χ1) is 12.6. The summed E-state index contributed by atoms with van der Waals surface area (Å²) in [7, 11) is 0. The molecule has 2 amide bonds. The van der Waals surface area contributed by atoms with Crippen LogP contribution >= 0.6 is 15.9 Å². The van der Waals surface area contributed by atoms with Gasteiger partial charge in [0.25, 0.3) is 0 Å². The molecule has 1 aliphatic carbocycles. The summed E-state index contributed by atoms with van der Waals surface area (Å²) >= 11 is 3.39. The fourth-order valence-corrected chi connectivity index (χ4v) is 3.40. The molecule has 1 saturated carbocycles. The van der Waals surface area contributed by atoms with Crippen LogP contribution in [0, 0.1) is 5.92 Å². The molecule has 2 aromatic rings. The molecule has 2 aromatic carbocycles. The normalized spacial score (nSPS) is 19.5. The second kappa shape index (κ2) is 7.11. The number of halogens is 1. The van der Waals surface area contributed by atoms with Crippen LogP contribution in [0.4, 0.5) is 5.69 Å². The first-order valence-corrected chi connectivity index (χ1v) is 9.51. The summed E-state index contributed by atoms with van der Waals surface area (Å²) in [5, 5.41) is 2.90. The summed E-state index contributed by atoms with van der Waals surface area (Å²) in [6.07, 6.45) is 2.45. The highest BCUT2D eigenvalue weighted by molar-refractivity contribution is 9.10. The molecule has 6 heteroatoms. The van der Waals surface area contributed by atoms with E-state index in [-0.39, 0.29) is 17.7 Å². The Kier molecular flexibility index (Phi) is 4.68. The molecule has 4 rings (SSSR count). The molecule has 5 nitrogen and oxygen atoms in total. The van der Waals surface area contributed by atoms with E-state index >= 15 is 0 Å². The first-order valence-electron chi connectivity index (χ1n) is 8.72. The monoisotopic (exact) mass is 414 g/mol. The van der Waals surface area contributed by atoms with Gasteiger partial charge in [-0.2, -0.15) is 0 Å². The van der Waals surface area contributed by atoms with Crippen LogP contribution in [0.1, 0.15) is 19.3 Å². The van der Waals surface area contributed by atoms with E-state index in [1.54, 1.807) is 0 Å². The van der Waals surface area contributed by atoms with Gasteiger partial charge in [0, 0.05) is 29.2 Å². The third kappa shape index (κ3) is 3.90. The molecule has 1 aliphatic heterocycles. The summed E-state index contributed by atoms with van der Waals surface area (Å²) in [5.41, 5.74) is 0.704. The molecule has 0 radical (unpaired) electrons. The lowest BCUT2D eigenvalue weighted by Gasteiger charge is -2.15. The molecule has 1 atom stereocenters. The van der Waals surface area contributed by atoms with Gasteiger partial charge < -0.3 is 15.0 Å². The Bertz CT molecular complexity index is 816. The molecule has 1 N–H and O–H groups in total. The predicted octanol–water partition coefficient (Wildman–Crippen LogP) is 4.19. The highest BCUT2D eigenvalue weighted by atomic mass is 79.9. The molecule has 0 aromatic heterocycles. The van der Waals surface area contributed by atoms with E-state index in [2.05, 4.69) is 21.2 Å². The Labute approximate surface area is 160 Å². The lowest BCUT2D eigenvalue weighted by Crippen LogP contribution is -2.29. The number of hydrogen-bond acceptors (Lipinski definition) is 3. The van der Waals surface area contributed by atoms with E-state index in [0.717, 1.165) is 23.1 Å². The minimum absolute atomic E-state index is 0.0944. The van der Waals surface area contributed by atoms with Gasteiger partial charge in [0.05, 0.1) is 5.92 Å². The molecular weight excluding hydrogens is 396 g/mol. The molecule has 0 spiro atoms. The van der Waals surface area contributed by atoms with Crippen molar-refractivity contribution in [2.45, 2.75) is 25.3 Å². The van der Waals surface area contributed by atoms with Gasteiger partial charge in [0.2, 0.25) is 11.8 Å². The summed E-state index contributed by atoms with van der Waals surface area (Å²) in [6.45, 7) is 0.542. The number of amides is 2. The Hall–Kier alpha value is -2.34. The van der Waals surface area contributed by atoms with Crippen LogP contribution in [0.25, 0.3) is 0 Å². The number of nitrogens with zero attached hydrogens (tertiary/aromatic N) is 1. The number of rotatable bonds is 5. The van der Waals surface area contributed by atoms with E-state index < -0.39 is 0 Å². The van der Waals surface area contributed by atoms with Crippen LogP contribution in [-0.4, -0.2) is 29.3 Å². The number of ether oxygens (including phenoxy) is 1. The minimum Gasteiger partial charge on any atom is -0.457 e. The maximum Gasteiger partial charge on any atom is 0.229 e. The van der Waals surface area contributed by atoms with Crippen LogP contribution in [0.5, 0.6) is 11.5 Å². The van der Waals surface area contributed by atoms with E-state index in [1.807, 2.05) is 53.4 Å². The van der Waals surface area contributed by atoms with E-state index in [4.69, 9.17) is 4.74 Å². The van der Waals surface area contributed by atoms with Crippen LogP contribution in [0.2, 0.25) is 0 Å². The van der Waals surface area contributed by atoms with Crippen molar-refractivity contribution < 1.29 is 14.3 Å². The number of carbonyl (C=O) groups excluding carboxylic acids is 2. The molecule has 0 unspecified atom stereocenters. The second-order valence-electron chi connectivity index (χ2n) is 6.75. The topological polar surface area (TPSA) is 58.6 Å². The average Bonchev–Trinajstić information content (AvgIpc) is 3.40. The van der Waals surface area contributed by atoms with Crippen LogP contribution < -0.4 is 10.1 Å². The SMILES string of the molecule is O=C(Nc1ccc(Oc2ccc(Br)cc2)cc1)[C@@H]1CC(=O)N(C2CC2)C1. The second-order valence-corrected chi connectivity index (χ2v) is 7.66. The van der Waals surface area contributed by atoms with Gasteiger partial charge in [0.15, 0.2) is 0 Å². The number of nitrogens with one attached hydrogen (secondary N) is 1. The maximum absolute atomic E-state index is 12.4. The Morgan fingerprint density at radius 1 is 1.04 bits per heavy atom. The zero-order valence-corrected chi connectivity index (χ0v) is 15.7. The molecule has 0 bridgehead atoms. The van der Waals surface area contributed by atoms with Crippen molar-refractivity contribution in [1.29, 1.82) is 0 Å². The van der Waals surface area contributed by atoms with Crippen LogP contribution in [-0.2, 0) is 9.59 Å². The number of hydrogen-bond donors (Lipinski definition) is 1. The van der Waals surface area contributed by atoms with Crippen LogP contribution in [0.15, 0.2) is 53.0 Å². The lowest BCUT2D eigenvalue weighted by molar-refractivity contribution is -0.128. The van der Waals surface area contributed by atoms with Crippen molar-refractivity contribution in [3.63, 3.8) is 0 Å². The minimum atomic E-state index is -0.262. The number of benzene rings is 2. The van der Waals surface area contributed by atoms with Crippen LogP contribution in [0.3, 0.4) is 0 Å². The van der Waals surface area contributed by atoms with Crippen molar-refractivity contribution in [2.24, 2.45) is 5.92 Å². The molecule has 1 heterocycles. The van der Waals surface area contributed by atoms with Gasteiger partial charge in [-0.25, -0.2) is 0 Å². The third-order valence-corrected chi connectivity index (χ3v) is 5.22. The number of carbonyl (C=O) groups is 2. The summed E-state index contributed by atoms with van der Waals surface area (Å²) in [5.74, 6) is 1.19. The van der Waals surface area contributed by atoms with E-state index in [9.17, 15) is 9.59 Å². The van der Waals surface area contributed by atoms with Crippen molar-refractivity contribution in [2.75, 3.05) is 11.9 Å². The van der Waals surface area contributed by atoms with Crippen molar-refractivity contribution >= 4 is 33.4 Å². The highest BCUT2D eigenvalue weighted by Gasteiger charge is 2.41. The molecule has 2 fully saturated rings. The maximum atomic E-state index is 12.4. The fourth-order valence-electron chi connectivity index (χ4n) is 3.14. The average molecular weight is 415 g/mol. The largest absolute Gasteiger partial charge is 0.457 e. The first kappa shape index (κ1) is 17.1. The number of likely N-dealkylation sites (tertiary alicyclic amines) is 1. The van der Waals surface area contributed by atoms with Crippen molar-refractivity contribution in [1.82, 2.24) is 4.90 Å². The summed E-state index contributed by atoms with van der Waals surface area (Å²) < 4.78 is 6.76. The summed E-state index contributed by atoms with van der Waals surface area (Å²) in [6, 6.07) is 15.2. The van der Waals surface area contributed by atoms with Gasteiger partial charge in [-0.05, 0) is 61.4 Å². The lowest BCUT2D eigenvalue weighted by atomic mass is 10.1. The van der Waals surface area contributed by atoms with Crippen molar-refractivity contribution in [3.8, 4) is 11.5 Å². The molecule has 1 saturated heterocycles. The van der Waals surface area contributed by atoms with Gasteiger partial charge in [-0.15, -0.1) is 0 Å². The van der Waals surface area contributed by atoms with E-state index in [0.29, 0.717) is 30.4 Å². The fraction of sp³-hybridized carbons (Fsp3) is 0.300. The molecule has 134 valence electrons. The Morgan fingerprint density at radius 3 is 2.27 bits per heavy atom. The molecule has 26 heavy (non-hydrogen) atoms. The van der Waals surface area contributed by atoms with Gasteiger partial charge in [0.1, 0.15) is 11.5 Å². The zero-order valence-electron chi connectivity index (χ0n) is 14.2. The Balaban J connectivity index is 1.34. The predicted molar refractivity (Wildman–Crippen MR) is 102 cm³/mol. The third-order valence-electron chi connectivity index (χ3n) is 4.69. The molecular formula is C20H19BrN2O3. The zero-order chi connectivity index (χ0) is 18.1. The van der Waals surface area contributed by atoms with Crippen molar-refractivity contribution in [3.05, 3.63) is 53.0 Å². The molecule has 2 aliphatic rings. The van der Waals surface area contributed by atoms with Gasteiger partial charge in [-0.3, -0.25) is 9.59 Å². The van der Waals surface area contributed by atoms with Gasteiger partial charge >= 0.3 is 0 Å². The van der Waals surface area contributed by atoms with E-state index in [1.165, 1.54) is 0 Å². The standard InChI is InChI=1S/C20H19BrN2O3/c21-14-1-7-17(8-2-14)26-18-9-3-15(4-10-18)22-20(25)13-11-19(24)23(12-13)16-5-6-16/h1-4,7-10,13,16H,5-6,11-12H2,(H,22,25)/t13-/m1/s1. The quantitative estimate of drug-likeness (QED) is 0.797. The smallest absolute Gasteiger partial charge is 0.229 e. The summed E-state index contributed by atoms with van der Waals surface area (Å²) in [4.78, 5) is 26.3. The highest BCUT2D eigenvalue weighted by Crippen LogP contribution is 2.33. The Morgan fingerprint density at radius 2 is 1.65 bits per heavy atom. The van der Waals surface area contributed by atoms with Gasteiger partial charge in [-0.1, -0.05) is 15.9 Å². The number of anilines is 1.